The molecule has 0 unspecified atom stereocenters. The van der Waals surface area contributed by atoms with E-state index in [1.54, 1.807) is 6.92 Å². The number of carbonyl (C=O) groups excluding carboxylic acids is 4. The Labute approximate surface area is 160 Å². The third-order valence-electron chi connectivity index (χ3n) is 5.04. The van der Waals surface area contributed by atoms with Gasteiger partial charge in [-0.05, 0) is 12.8 Å². The van der Waals surface area contributed by atoms with Gasteiger partial charge in [-0.15, -0.1) is 0 Å². The van der Waals surface area contributed by atoms with Gasteiger partial charge < -0.3 is 5.32 Å². The van der Waals surface area contributed by atoms with Gasteiger partial charge in [-0.2, -0.15) is 0 Å². The summed E-state index contributed by atoms with van der Waals surface area (Å²) >= 11 is 0. The molecule has 0 radical (unpaired) electrons. The van der Waals surface area contributed by atoms with Crippen LogP contribution in [0.2, 0.25) is 0 Å². The number of hydrogen-bond acceptors (Lipinski definition) is 6. The van der Waals surface area contributed by atoms with Gasteiger partial charge in [-0.3, -0.25) is 34.4 Å². The van der Waals surface area contributed by atoms with E-state index in [-0.39, 0.29) is 17.7 Å². The summed E-state index contributed by atoms with van der Waals surface area (Å²) in [6, 6.07) is -0.849. The van der Waals surface area contributed by atoms with Crippen LogP contribution in [0, 0.1) is 5.92 Å². The molecule has 152 valence electrons. The van der Waals surface area contributed by atoms with Gasteiger partial charge in [0, 0.05) is 58.7 Å². The Balaban J connectivity index is 1.69. The van der Waals surface area contributed by atoms with Crippen LogP contribution < -0.4 is 10.6 Å². The summed E-state index contributed by atoms with van der Waals surface area (Å²) in [5.41, 5.74) is 0. The Morgan fingerprint density at radius 1 is 0.963 bits per heavy atom. The van der Waals surface area contributed by atoms with Crippen LogP contribution in [-0.2, 0) is 14.4 Å². The zero-order valence-corrected chi connectivity index (χ0v) is 16.5. The number of hydrogen-bond donors (Lipinski definition) is 2. The first-order chi connectivity index (χ1) is 12.8. The van der Waals surface area contributed by atoms with E-state index in [1.165, 1.54) is 4.90 Å². The highest BCUT2D eigenvalue weighted by Crippen LogP contribution is 2.12. The first-order valence-electron chi connectivity index (χ1n) is 9.66. The summed E-state index contributed by atoms with van der Waals surface area (Å²) in [6.07, 6.45) is 0.647. The van der Waals surface area contributed by atoms with Crippen LogP contribution >= 0.6 is 0 Å². The predicted molar refractivity (Wildman–Crippen MR) is 99.8 cm³/mol. The minimum atomic E-state index is -0.459. The van der Waals surface area contributed by atoms with E-state index >= 15 is 0 Å². The number of amides is 5. The number of urea groups is 1. The second-order valence-corrected chi connectivity index (χ2v) is 7.59. The van der Waals surface area contributed by atoms with Crippen LogP contribution in [0.4, 0.5) is 4.79 Å². The largest absolute Gasteiger partial charge is 0.338 e. The topological polar surface area (TPSA) is 102 Å². The van der Waals surface area contributed by atoms with Crippen molar-refractivity contribution >= 4 is 23.8 Å². The van der Waals surface area contributed by atoms with Crippen LogP contribution in [0.1, 0.15) is 33.6 Å². The van der Waals surface area contributed by atoms with Crippen molar-refractivity contribution in [3.63, 3.8) is 0 Å². The molecule has 0 saturated carbocycles. The Hall–Kier alpha value is -2.00. The monoisotopic (exact) mass is 381 g/mol. The Morgan fingerprint density at radius 3 is 2.11 bits per heavy atom. The fourth-order valence-corrected chi connectivity index (χ4v) is 3.21. The first-order valence-corrected chi connectivity index (χ1v) is 9.66. The molecule has 0 aromatic rings. The number of imide groups is 2. The van der Waals surface area contributed by atoms with Crippen molar-refractivity contribution in [1.82, 2.24) is 25.3 Å². The van der Waals surface area contributed by atoms with Crippen molar-refractivity contribution in [2.24, 2.45) is 5.92 Å². The molecule has 0 aromatic heterocycles. The molecule has 9 heteroatoms. The molecule has 1 atom stereocenters. The number of rotatable bonds is 7. The lowest BCUT2D eigenvalue weighted by Crippen LogP contribution is -2.56. The van der Waals surface area contributed by atoms with E-state index < -0.39 is 12.1 Å². The zero-order valence-electron chi connectivity index (χ0n) is 16.5. The average molecular weight is 381 g/mol. The number of nitrogens with one attached hydrogen (secondary N) is 2. The number of piperazine rings is 1. The number of likely N-dealkylation sites (tertiary alicyclic amines) is 1. The predicted octanol–water partition coefficient (Wildman–Crippen LogP) is -0.377. The second-order valence-electron chi connectivity index (χ2n) is 7.59. The Kier molecular flexibility index (Phi) is 7.73. The quantitative estimate of drug-likeness (QED) is 0.583. The molecule has 2 saturated heterocycles. The number of carbonyl (C=O) groups is 4. The molecule has 0 spiro atoms. The van der Waals surface area contributed by atoms with Crippen molar-refractivity contribution in [1.29, 1.82) is 0 Å². The van der Waals surface area contributed by atoms with E-state index in [0.29, 0.717) is 51.5 Å². The summed E-state index contributed by atoms with van der Waals surface area (Å²) < 4.78 is 0. The normalized spacial score (nSPS) is 20.2. The molecule has 0 aromatic carbocycles. The fourth-order valence-electron chi connectivity index (χ4n) is 3.21. The maximum atomic E-state index is 12.2. The summed E-state index contributed by atoms with van der Waals surface area (Å²) in [4.78, 5) is 52.8. The van der Waals surface area contributed by atoms with E-state index in [2.05, 4.69) is 15.5 Å². The third kappa shape index (κ3) is 6.28. The van der Waals surface area contributed by atoms with Crippen molar-refractivity contribution in [3.05, 3.63) is 0 Å². The Morgan fingerprint density at radius 2 is 1.56 bits per heavy atom. The van der Waals surface area contributed by atoms with Crippen molar-refractivity contribution in [3.8, 4) is 0 Å². The third-order valence-corrected chi connectivity index (χ3v) is 5.04. The van der Waals surface area contributed by atoms with Crippen LogP contribution in [0.15, 0.2) is 0 Å². The lowest BCUT2D eigenvalue weighted by atomic mass is 10.2. The SMILES string of the molecule is CC(C)CNC(=O)NC(=O)[C@H](C)N1CCN(CCN2C(=O)CCC2=O)CC1. The highest BCUT2D eigenvalue weighted by atomic mass is 16.2. The molecule has 0 bridgehead atoms. The lowest BCUT2D eigenvalue weighted by molar-refractivity contribution is -0.138. The van der Waals surface area contributed by atoms with Gasteiger partial charge >= 0.3 is 6.03 Å². The molecular formula is C18H31N5O4. The maximum Gasteiger partial charge on any atom is 0.321 e. The molecule has 2 aliphatic heterocycles. The molecule has 2 aliphatic rings. The van der Waals surface area contributed by atoms with Crippen molar-refractivity contribution < 1.29 is 19.2 Å². The van der Waals surface area contributed by atoms with Crippen LogP contribution in [0.25, 0.3) is 0 Å². The number of nitrogens with zero attached hydrogens (tertiary/aromatic N) is 3. The minimum absolute atomic E-state index is 0.0836. The van der Waals surface area contributed by atoms with E-state index in [4.69, 9.17) is 0 Å². The van der Waals surface area contributed by atoms with Crippen LogP contribution in [0.3, 0.4) is 0 Å². The van der Waals surface area contributed by atoms with Gasteiger partial charge in [0.05, 0.1) is 6.04 Å². The van der Waals surface area contributed by atoms with Gasteiger partial charge in [-0.25, -0.2) is 4.79 Å². The molecule has 2 fully saturated rings. The average Bonchev–Trinajstić information content (AvgIpc) is 2.96. The minimum Gasteiger partial charge on any atom is -0.338 e. The molecule has 2 heterocycles. The van der Waals surface area contributed by atoms with Crippen LogP contribution in [0.5, 0.6) is 0 Å². The molecule has 0 aliphatic carbocycles. The molecule has 2 rings (SSSR count). The molecular weight excluding hydrogens is 350 g/mol. The van der Waals surface area contributed by atoms with Crippen LogP contribution in [-0.4, -0.2) is 90.3 Å². The standard InChI is InChI=1S/C18H31N5O4/c1-13(2)12-19-18(27)20-17(26)14(3)22-9-6-21(7-10-22)8-11-23-15(24)4-5-16(23)25/h13-14H,4-12H2,1-3H3,(H2,19,20,26,27)/t14-/m0/s1. The zero-order chi connectivity index (χ0) is 20.0. The van der Waals surface area contributed by atoms with Crippen molar-refractivity contribution in [2.75, 3.05) is 45.8 Å². The summed E-state index contributed by atoms with van der Waals surface area (Å²) in [5.74, 6) is -0.153. The van der Waals surface area contributed by atoms with Gasteiger partial charge in [0.25, 0.3) is 0 Å². The first kappa shape index (κ1) is 21.3. The van der Waals surface area contributed by atoms with Gasteiger partial charge in [0.2, 0.25) is 17.7 Å². The highest BCUT2D eigenvalue weighted by molar-refractivity contribution is 6.01. The Bertz CT molecular complexity index is 556. The maximum absolute atomic E-state index is 12.2. The molecule has 2 N–H and O–H groups in total. The molecule has 5 amide bonds. The van der Waals surface area contributed by atoms with Gasteiger partial charge in [0.1, 0.15) is 0 Å². The lowest BCUT2D eigenvalue weighted by Gasteiger charge is -2.37. The summed E-state index contributed by atoms with van der Waals surface area (Å²) in [5, 5.41) is 5.06. The van der Waals surface area contributed by atoms with E-state index in [0.717, 1.165) is 13.1 Å². The summed E-state index contributed by atoms with van der Waals surface area (Å²) in [6.45, 7) is 10.3. The smallest absolute Gasteiger partial charge is 0.321 e. The van der Waals surface area contributed by atoms with E-state index in [9.17, 15) is 19.2 Å². The fraction of sp³-hybridized carbons (Fsp3) is 0.778. The van der Waals surface area contributed by atoms with E-state index in [1.807, 2.05) is 18.7 Å². The second kappa shape index (κ2) is 9.80. The van der Waals surface area contributed by atoms with Gasteiger partial charge in [0.15, 0.2) is 0 Å². The molecule has 9 nitrogen and oxygen atoms in total. The van der Waals surface area contributed by atoms with Gasteiger partial charge in [-0.1, -0.05) is 13.8 Å². The summed E-state index contributed by atoms with van der Waals surface area (Å²) in [7, 11) is 0. The highest BCUT2D eigenvalue weighted by Gasteiger charge is 2.30. The molecule has 27 heavy (non-hydrogen) atoms. The van der Waals surface area contributed by atoms with Crippen molar-refractivity contribution in [2.45, 2.75) is 39.7 Å².